The maximum atomic E-state index is 9.26. The summed E-state index contributed by atoms with van der Waals surface area (Å²) in [5, 5.41) is 9.26. The first-order chi connectivity index (χ1) is 8.72. The van der Waals surface area contributed by atoms with Gasteiger partial charge in [-0.2, -0.15) is 0 Å². The van der Waals surface area contributed by atoms with Crippen LogP contribution in [0.4, 0.5) is 0 Å². The highest BCUT2D eigenvalue weighted by molar-refractivity contribution is 5.25. The Morgan fingerprint density at radius 3 is 2.78 bits per heavy atom. The van der Waals surface area contributed by atoms with Crippen molar-refractivity contribution in [2.24, 2.45) is 5.92 Å². The zero-order valence-corrected chi connectivity index (χ0v) is 11.4. The Bertz CT molecular complexity index is 370. The largest absolute Gasteiger partial charge is 0.474 e. The first kappa shape index (κ1) is 13.3. The highest BCUT2D eigenvalue weighted by Crippen LogP contribution is 2.27. The van der Waals surface area contributed by atoms with Crippen molar-refractivity contribution in [1.29, 1.82) is 0 Å². The molecule has 1 saturated carbocycles. The average molecular weight is 249 g/mol. The fourth-order valence-corrected chi connectivity index (χ4v) is 2.57. The number of pyridine rings is 1. The van der Waals surface area contributed by atoms with Gasteiger partial charge in [0.05, 0.1) is 6.61 Å². The molecule has 1 aromatic heterocycles. The van der Waals surface area contributed by atoms with E-state index < -0.39 is 0 Å². The molecular weight excluding hydrogens is 226 g/mol. The molecule has 2 rings (SSSR count). The number of aryl methyl sites for hydroxylation is 1. The van der Waals surface area contributed by atoms with Gasteiger partial charge in [-0.05, 0) is 43.2 Å². The average Bonchev–Trinajstić information content (AvgIpc) is 2.41. The molecule has 2 atom stereocenters. The van der Waals surface area contributed by atoms with Gasteiger partial charge in [-0.3, -0.25) is 0 Å². The molecule has 0 amide bonds. The van der Waals surface area contributed by atoms with Crippen molar-refractivity contribution in [3.8, 4) is 5.88 Å². The van der Waals surface area contributed by atoms with Gasteiger partial charge in [0.1, 0.15) is 6.10 Å². The number of hydrogen-bond donors (Lipinski definition) is 1. The molecule has 3 heteroatoms. The molecular formula is C15H23NO2. The Hall–Kier alpha value is -1.09. The van der Waals surface area contributed by atoms with Crippen molar-refractivity contribution >= 4 is 0 Å². The SMILES string of the molecule is CCc1cc(CO)cc(OC2CCCCC2C)n1. The van der Waals surface area contributed by atoms with Gasteiger partial charge in [-0.1, -0.05) is 20.3 Å². The summed E-state index contributed by atoms with van der Waals surface area (Å²) >= 11 is 0. The summed E-state index contributed by atoms with van der Waals surface area (Å²) < 4.78 is 6.03. The highest BCUT2D eigenvalue weighted by atomic mass is 16.5. The zero-order valence-electron chi connectivity index (χ0n) is 11.4. The van der Waals surface area contributed by atoms with E-state index in [9.17, 15) is 5.11 Å². The zero-order chi connectivity index (χ0) is 13.0. The first-order valence-electron chi connectivity index (χ1n) is 7.00. The highest BCUT2D eigenvalue weighted by Gasteiger charge is 2.23. The van der Waals surface area contributed by atoms with Gasteiger partial charge in [0.2, 0.25) is 5.88 Å². The molecule has 18 heavy (non-hydrogen) atoms. The van der Waals surface area contributed by atoms with Crippen molar-refractivity contribution in [2.45, 2.75) is 58.7 Å². The second-order valence-corrected chi connectivity index (χ2v) is 5.23. The van der Waals surface area contributed by atoms with Crippen molar-refractivity contribution in [3.63, 3.8) is 0 Å². The Morgan fingerprint density at radius 1 is 1.33 bits per heavy atom. The fraction of sp³-hybridized carbons (Fsp3) is 0.667. The monoisotopic (exact) mass is 249 g/mol. The van der Waals surface area contributed by atoms with Crippen LogP contribution in [0.1, 0.15) is 50.8 Å². The number of hydrogen-bond acceptors (Lipinski definition) is 3. The summed E-state index contributed by atoms with van der Waals surface area (Å²) in [7, 11) is 0. The van der Waals surface area contributed by atoms with E-state index in [4.69, 9.17) is 4.74 Å². The summed E-state index contributed by atoms with van der Waals surface area (Å²) in [5.41, 5.74) is 1.88. The Labute approximate surface area is 109 Å². The lowest BCUT2D eigenvalue weighted by molar-refractivity contribution is 0.0971. The normalized spacial score (nSPS) is 23.9. The van der Waals surface area contributed by atoms with E-state index >= 15 is 0 Å². The molecule has 0 aromatic carbocycles. The van der Waals surface area contributed by atoms with E-state index in [1.54, 1.807) is 0 Å². The van der Waals surface area contributed by atoms with Crippen LogP contribution in [0, 0.1) is 5.92 Å². The molecule has 0 saturated heterocycles. The fourth-order valence-electron chi connectivity index (χ4n) is 2.57. The van der Waals surface area contributed by atoms with Gasteiger partial charge >= 0.3 is 0 Å². The van der Waals surface area contributed by atoms with Gasteiger partial charge in [0.25, 0.3) is 0 Å². The van der Waals surface area contributed by atoms with Gasteiger partial charge in [0.15, 0.2) is 0 Å². The summed E-state index contributed by atoms with van der Waals surface area (Å²) in [6, 6.07) is 3.80. The summed E-state index contributed by atoms with van der Waals surface area (Å²) in [5.74, 6) is 1.28. The molecule has 1 heterocycles. The van der Waals surface area contributed by atoms with Gasteiger partial charge in [0, 0.05) is 11.8 Å². The number of aliphatic hydroxyl groups is 1. The Kier molecular flexibility index (Phi) is 4.59. The number of rotatable bonds is 4. The predicted octanol–water partition coefficient (Wildman–Crippen LogP) is 3.09. The Morgan fingerprint density at radius 2 is 2.11 bits per heavy atom. The maximum absolute atomic E-state index is 9.26. The third-order valence-corrected chi connectivity index (χ3v) is 3.76. The van der Waals surface area contributed by atoms with Crippen LogP contribution < -0.4 is 4.74 Å². The van der Waals surface area contributed by atoms with Crippen molar-refractivity contribution in [2.75, 3.05) is 0 Å². The van der Waals surface area contributed by atoms with E-state index in [2.05, 4.69) is 18.8 Å². The van der Waals surface area contributed by atoms with Crippen LogP contribution in [0.15, 0.2) is 12.1 Å². The molecule has 0 spiro atoms. The number of aromatic nitrogens is 1. The van der Waals surface area contributed by atoms with Crippen LogP contribution in [-0.4, -0.2) is 16.2 Å². The Balaban J connectivity index is 2.12. The van der Waals surface area contributed by atoms with E-state index in [1.807, 2.05) is 12.1 Å². The number of ether oxygens (including phenoxy) is 1. The third kappa shape index (κ3) is 3.22. The molecule has 1 aromatic rings. The maximum Gasteiger partial charge on any atom is 0.214 e. The second-order valence-electron chi connectivity index (χ2n) is 5.23. The van der Waals surface area contributed by atoms with Crippen molar-refractivity contribution < 1.29 is 9.84 Å². The van der Waals surface area contributed by atoms with Crippen LogP contribution in [0.5, 0.6) is 5.88 Å². The molecule has 0 radical (unpaired) electrons. The van der Waals surface area contributed by atoms with E-state index in [1.165, 1.54) is 19.3 Å². The van der Waals surface area contributed by atoms with Crippen LogP contribution >= 0.6 is 0 Å². The first-order valence-corrected chi connectivity index (χ1v) is 7.00. The summed E-state index contributed by atoms with van der Waals surface area (Å²) in [6.07, 6.45) is 6.06. The lowest BCUT2D eigenvalue weighted by Gasteiger charge is -2.29. The second kappa shape index (κ2) is 6.19. The summed E-state index contributed by atoms with van der Waals surface area (Å²) in [4.78, 5) is 4.50. The van der Waals surface area contributed by atoms with E-state index in [0.717, 1.165) is 24.1 Å². The molecule has 2 unspecified atom stereocenters. The minimum Gasteiger partial charge on any atom is -0.474 e. The van der Waals surface area contributed by atoms with Crippen LogP contribution in [-0.2, 0) is 13.0 Å². The molecule has 0 bridgehead atoms. The predicted molar refractivity (Wildman–Crippen MR) is 71.6 cm³/mol. The lowest BCUT2D eigenvalue weighted by Crippen LogP contribution is -2.28. The van der Waals surface area contributed by atoms with Crippen molar-refractivity contribution in [1.82, 2.24) is 4.98 Å². The molecule has 0 aliphatic heterocycles. The quantitative estimate of drug-likeness (QED) is 0.891. The van der Waals surface area contributed by atoms with Gasteiger partial charge < -0.3 is 9.84 Å². The van der Waals surface area contributed by atoms with E-state index in [-0.39, 0.29) is 12.7 Å². The molecule has 3 nitrogen and oxygen atoms in total. The minimum absolute atomic E-state index is 0.0477. The van der Waals surface area contributed by atoms with Gasteiger partial charge in [-0.25, -0.2) is 4.98 Å². The summed E-state index contributed by atoms with van der Waals surface area (Å²) in [6.45, 7) is 4.36. The molecule has 1 aliphatic rings. The van der Waals surface area contributed by atoms with Crippen LogP contribution in [0.2, 0.25) is 0 Å². The molecule has 1 fully saturated rings. The molecule has 1 aliphatic carbocycles. The van der Waals surface area contributed by atoms with Gasteiger partial charge in [-0.15, -0.1) is 0 Å². The number of aliphatic hydroxyl groups excluding tert-OH is 1. The minimum atomic E-state index is 0.0477. The lowest BCUT2D eigenvalue weighted by atomic mass is 9.88. The molecule has 100 valence electrons. The van der Waals surface area contributed by atoms with Crippen molar-refractivity contribution in [3.05, 3.63) is 23.4 Å². The topological polar surface area (TPSA) is 42.4 Å². The van der Waals surface area contributed by atoms with Crippen LogP contribution in [0.25, 0.3) is 0 Å². The van der Waals surface area contributed by atoms with E-state index in [0.29, 0.717) is 11.8 Å². The van der Waals surface area contributed by atoms with Crippen LogP contribution in [0.3, 0.4) is 0 Å². The molecule has 1 N–H and O–H groups in total. The number of nitrogens with zero attached hydrogens (tertiary/aromatic N) is 1. The smallest absolute Gasteiger partial charge is 0.214 e. The standard InChI is InChI=1S/C15H23NO2/c1-3-13-8-12(10-17)9-15(16-13)18-14-7-5-4-6-11(14)2/h8-9,11,14,17H,3-7,10H2,1-2H3. The third-order valence-electron chi connectivity index (χ3n) is 3.76.